The van der Waals surface area contributed by atoms with Gasteiger partial charge in [0.25, 0.3) is 0 Å². The highest BCUT2D eigenvalue weighted by atomic mass is 79.9. The Morgan fingerprint density at radius 2 is 2.20 bits per heavy atom. The van der Waals surface area contributed by atoms with Crippen LogP contribution in [0.4, 0.5) is 0 Å². The second-order valence-corrected chi connectivity index (χ2v) is 6.55. The lowest BCUT2D eigenvalue weighted by Crippen LogP contribution is -2.00. The fourth-order valence-corrected chi connectivity index (χ4v) is 3.25. The Balaban J connectivity index is 2.18. The molecule has 20 heavy (non-hydrogen) atoms. The van der Waals surface area contributed by atoms with Crippen molar-refractivity contribution in [2.75, 3.05) is 0 Å². The second-order valence-electron chi connectivity index (χ2n) is 4.09. The molecule has 0 saturated heterocycles. The molecule has 0 bridgehead atoms. The van der Waals surface area contributed by atoms with Crippen molar-refractivity contribution in [3.8, 4) is 5.75 Å². The molecule has 2 rings (SSSR count). The Hall–Kier alpha value is -1.04. The lowest BCUT2D eigenvalue weighted by Gasteiger charge is -2.07. The molecular weight excluding hydrogens is 364 g/mol. The highest BCUT2D eigenvalue weighted by Gasteiger charge is 2.16. The van der Waals surface area contributed by atoms with Crippen LogP contribution in [0.5, 0.6) is 5.75 Å². The predicted molar refractivity (Wildman–Crippen MR) is 84.1 cm³/mol. The van der Waals surface area contributed by atoms with Crippen molar-refractivity contribution in [1.82, 2.24) is 0 Å². The number of hydrogen-bond donors (Lipinski definition) is 1. The summed E-state index contributed by atoms with van der Waals surface area (Å²) in [5, 5.41) is 9.75. The molecule has 1 N–H and O–H groups in total. The number of halogens is 2. The maximum Gasteiger partial charge on any atom is 0.349 e. The molecule has 0 spiro atoms. The zero-order valence-electron chi connectivity index (χ0n) is 10.7. The van der Waals surface area contributed by atoms with E-state index in [1.165, 1.54) is 11.3 Å². The van der Waals surface area contributed by atoms with Crippen LogP contribution in [0.15, 0.2) is 28.7 Å². The van der Waals surface area contributed by atoms with E-state index in [1.54, 1.807) is 12.1 Å². The van der Waals surface area contributed by atoms with E-state index in [9.17, 15) is 4.79 Å². The van der Waals surface area contributed by atoms with Crippen molar-refractivity contribution in [3.05, 3.63) is 49.1 Å². The average molecular weight is 376 g/mol. The molecule has 1 heterocycles. The van der Waals surface area contributed by atoms with Gasteiger partial charge in [-0.2, -0.15) is 0 Å². The van der Waals surface area contributed by atoms with Crippen molar-refractivity contribution in [2.45, 2.75) is 20.0 Å². The number of carbonyl (C=O) groups is 1. The standard InChI is InChI=1S/C14H12BrClO3S/c1-2-10-6-12(13(20-10)14(17)18)19-7-8-3-4-9(15)5-11(8)16/h3-6H,2,7H2,1H3,(H,17,18). The minimum atomic E-state index is -0.966. The van der Waals surface area contributed by atoms with Crippen molar-refractivity contribution in [2.24, 2.45) is 0 Å². The molecule has 0 atom stereocenters. The minimum absolute atomic E-state index is 0.232. The van der Waals surface area contributed by atoms with Gasteiger partial charge in [0.2, 0.25) is 0 Å². The molecule has 0 aliphatic heterocycles. The van der Waals surface area contributed by atoms with Gasteiger partial charge >= 0.3 is 5.97 Å². The van der Waals surface area contributed by atoms with Gasteiger partial charge < -0.3 is 9.84 Å². The van der Waals surface area contributed by atoms with Crippen LogP contribution >= 0.6 is 38.9 Å². The fourth-order valence-electron chi connectivity index (χ4n) is 1.65. The van der Waals surface area contributed by atoms with Crippen LogP contribution in [-0.4, -0.2) is 11.1 Å². The largest absolute Gasteiger partial charge is 0.487 e. The molecule has 0 aliphatic carbocycles. The quantitative estimate of drug-likeness (QED) is 0.799. The van der Waals surface area contributed by atoms with E-state index in [1.807, 2.05) is 19.1 Å². The third-order valence-electron chi connectivity index (χ3n) is 2.69. The smallest absolute Gasteiger partial charge is 0.349 e. The summed E-state index contributed by atoms with van der Waals surface area (Å²) in [4.78, 5) is 12.4. The Bertz CT molecular complexity index is 639. The molecule has 2 aromatic rings. The molecule has 3 nitrogen and oxygen atoms in total. The SMILES string of the molecule is CCc1cc(OCc2ccc(Br)cc2Cl)c(C(=O)O)s1. The maximum atomic E-state index is 11.2. The van der Waals surface area contributed by atoms with Crippen LogP contribution in [0.3, 0.4) is 0 Å². The molecule has 0 aliphatic rings. The van der Waals surface area contributed by atoms with Crippen LogP contribution in [0, 0.1) is 0 Å². The van der Waals surface area contributed by atoms with Gasteiger partial charge in [-0.1, -0.05) is 40.5 Å². The van der Waals surface area contributed by atoms with E-state index in [-0.39, 0.29) is 11.5 Å². The van der Waals surface area contributed by atoms with Gasteiger partial charge in [0.05, 0.1) is 0 Å². The summed E-state index contributed by atoms with van der Waals surface area (Å²) in [6, 6.07) is 7.28. The lowest BCUT2D eigenvalue weighted by molar-refractivity contribution is 0.0697. The third kappa shape index (κ3) is 3.53. The molecule has 0 radical (unpaired) electrons. The summed E-state index contributed by atoms with van der Waals surface area (Å²) >= 11 is 10.7. The normalized spacial score (nSPS) is 10.6. The highest BCUT2D eigenvalue weighted by molar-refractivity contribution is 9.10. The van der Waals surface area contributed by atoms with Crippen LogP contribution in [0.2, 0.25) is 5.02 Å². The van der Waals surface area contributed by atoms with E-state index in [4.69, 9.17) is 21.4 Å². The lowest BCUT2D eigenvalue weighted by atomic mass is 10.2. The predicted octanol–water partition coefficient (Wildman–Crippen LogP) is 5.00. The topological polar surface area (TPSA) is 46.5 Å². The minimum Gasteiger partial charge on any atom is -0.487 e. The number of carboxylic acids is 1. The number of aromatic carboxylic acids is 1. The second kappa shape index (κ2) is 6.61. The Kier molecular flexibility index (Phi) is 5.07. The Morgan fingerprint density at radius 3 is 2.80 bits per heavy atom. The summed E-state index contributed by atoms with van der Waals surface area (Å²) in [6.07, 6.45) is 0.785. The summed E-state index contributed by atoms with van der Waals surface area (Å²) in [7, 11) is 0. The van der Waals surface area contributed by atoms with E-state index in [2.05, 4.69) is 15.9 Å². The van der Waals surface area contributed by atoms with Gasteiger partial charge in [-0.05, 0) is 24.6 Å². The highest BCUT2D eigenvalue weighted by Crippen LogP contribution is 2.31. The zero-order chi connectivity index (χ0) is 14.7. The third-order valence-corrected chi connectivity index (χ3v) is 4.78. The molecular formula is C14H12BrClO3S. The molecule has 106 valence electrons. The Labute approximate surface area is 134 Å². The number of ether oxygens (including phenoxy) is 1. The number of carboxylic acid groups (broad SMARTS) is 1. The molecule has 0 amide bonds. The van der Waals surface area contributed by atoms with Gasteiger partial charge in [0, 0.05) is 19.9 Å². The van der Waals surface area contributed by atoms with Gasteiger partial charge in [0.15, 0.2) is 4.88 Å². The molecule has 1 aromatic carbocycles. The molecule has 0 unspecified atom stereocenters. The van der Waals surface area contributed by atoms with E-state index in [0.29, 0.717) is 10.8 Å². The number of benzene rings is 1. The van der Waals surface area contributed by atoms with Gasteiger partial charge in [0.1, 0.15) is 12.4 Å². The fraction of sp³-hybridized carbons (Fsp3) is 0.214. The Morgan fingerprint density at radius 1 is 1.45 bits per heavy atom. The first-order valence-corrected chi connectivity index (χ1v) is 7.92. The molecule has 1 aromatic heterocycles. The van der Waals surface area contributed by atoms with E-state index >= 15 is 0 Å². The monoisotopic (exact) mass is 374 g/mol. The summed E-state index contributed by atoms with van der Waals surface area (Å²) in [5.41, 5.74) is 0.815. The molecule has 6 heteroatoms. The maximum absolute atomic E-state index is 11.2. The van der Waals surface area contributed by atoms with Gasteiger partial charge in [-0.25, -0.2) is 4.79 Å². The first kappa shape index (κ1) is 15.4. The van der Waals surface area contributed by atoms with Crippen LogP contribution in [0.1, 0.15) is 27.0 Å². The summed E-state index contributed by atoms with van der Waals surface area (Å²) < 4.78 is 6.51. The van der Waals surface area contributed by atoms with Gasteiger partial charge in [-0.15, -0.1) is 11.3 Å². The average Bonchev–Trinajstić information content (AvgIpc) is 2.81. The van der Waals surface area contributed by atoms with Crippen LogP contribution in [0.25, 0.3) is 0 Å². The van der Waals surface area contributed by atoms with Crippen molar-refractivity contribution < 1.29 is 14.6 Å². The number of thiophene rings is 1. The number of rotatable bonds is 5. The van der Waals surface area contributed by atoms with Crippen LogP contribution in [-0.2, 0) is 13.0 Å². The summed E-state index contributed by atoms with van der Waals surface area (Å²) in [6.45, 7) is 2.22. The van der Waals surface area contributed by atoms with Crippen molar-refractivity contribution in [3.63, 3.8) is 0 Å². The first-order chi connectivity index (χ1) is 9.51. The van der Waals surface area contributed by atoms with Crippen LogP contribution < -0.4 is 4.74 Å². The summed E-state index contributed by atoms with van der Waals surface area (Å²) in [5.74, 6) is -0.565. The van der Waals surface area contributed by atoms with Gasteiger partial charge in [-0.3, -0.25) is 0 Å². The molecule has 0 saturated carbocycles. The van der Waals surface area contributed by atoms with Crippen molar-refractivity contribution >= 4 is 44.8 Å². The zero-order valence-corrected chi connectivity index (χ0v) is 13.8. The number of aryl methyl sites for hydroxylation is 1. The number of hydrogen-bond acceptors (Lipinski definition) is 3. The first-order valence-electron chi connectivity index (χ1n) is 5.94. The van der Waals surface area contributed by atoms with Crippen molar-refractivity contribution in [1.29, 1.82) is 0 Å². The molecule has 0 fully saturated rings. The van der Waals surface area contributed by atoms with E-state index < -0.39 is 5.97 Å². The van der Waals surface area contributed by atoms with E-state index in [0.717, 1.165) is 21.3 Å².